The highest BCUT2D eigenvalue weighted by atomic mass is 35.5. The second-order valence-corrected chi connectivity index (χ2v) is 4.28. The predicted octanol–water partition coefficient (Wildman–Crippen LogP) is 3.27. The normalized spacial score (nSPS) is 10.1. The highest BCUT2D eigenvalue weighted by molar-refractivity contribution is 7.14. The van der Waals surface area contributed by atoms with Gasteiger partial charge < -0.3 is 5.32 Å². The molecule has 0 bridgehead atoms. The van der Waals surface area contributed by atoms with Crippen LogP contribution >= 0.6 is 22.9 Å². The van der Waals surface area contributed by atoms with E-state index in [0.29, 0.717) is 0 Å². The Balaban J connectivity index is 2.46. The van der Waals surface area contributed by atoms with Gasteiger partial charge in [-0.05, 0) is 29.9 Å². The molecule has 1 rings (SSSR count). The number of thiophene rings is 1. The molecule has 1 aromatic heterocycles. The average molecular weight is 232 g/mol. The van der Waals surface area contributed by atoms with Crippen molar-refractivity contribution < 1.29 is 4.79 Å². The van der Waals surface area contributed by atoms with E-state index in [1.165, 1.54) is 18.4 Å². The molecule has 0 saturated carbocycles. The summed E-state index contributed by atoms with van der Waals surface area (Å²) >= 11 is 6.94. The van der Waals surface area contributed by atoms with Crippen molar-refractivity contribution >= 4 is 33.8 Å². The zero-order valence-corrected chi connectivity index (χ0v) is 9.75. The summed E-state index contributed by atoms with van der Waals surface area (Å²) in [5.74, 6) is -0.127. The van der Waals surface area contributed by atoms with Gasteiger partial charge in [-0.25, -0.2) is 0 Å². The summed E-state index contributed by atoms with van der Waals surface area (Å²) in [6.45, 7) is 2.17. The van der Waals surface area contributed by atoms with E-state index in [9.17, 15) is 4.79 Å². The lowest BCUT2D eigenvalue weighted by Crippen LogP contribution is -2.11. The summed E-state index contributed by atoms with van der Waals surface area (Å²) in [5, 5.41) is 5.71. The lowest BCUT2D eigenvalue weighted by molar-refractivity contribution is -0.113. The highest BCUT2D eigenvalue weighted by Gasteiger charge is 2.03. The van der Waals surface area contributed by atoms with Crippen LogP contribution in [0, 0.1) is 0 Å². The van der Waals surface area contributed by atoms with E-state index in [-0.39, 0.29) is 11.8 Å². The van der Waals surface area contributed by atoms with E-state index in [1.807, 2.05) is 6.07 Å². The summed E-state index contributed by atoms with van der Waals surface area (Å²) in [5.41, 5.74) is 1.29. The molecule has 0 aliphatic heterocycles. The Morgan fingerprint density at radius 2 is 2.43 bits per heavy atom. The lowest BCUT2D eigenvalue weighted by Gasteiger charge is -1.96. The smallest absolute Gasteiger partial charge is 0.239 e. The number of hydrogen-bond donors (Lipinski definition) is 1. The van der Waals surface area contributed by atoms with Gasteiger partial charge in [0.2, 0.25) is 5.91 Å². The third-order valence-electron chi connectivity index (χ3n) is 1.86. The van der Waals surface area contributed by atoms with Gasteiger partial charge in [0.25, 0.3) is 0 Å². The van der Waals surface area contributed by atoms with E-state index in [0.717, 1.165) is 11.4 Å². The molecular formula is C10H14ClNOS. The summed E-state index contributed by atoms with van der Waals surface area (Å²) in [7, 11) is 0. The first-order chi connectivity index (χ1) is 6.76. The zero-order valence-electron chi connectivity index (χ0n) is 8.18. The number of amides is 1. The van der Waals surface area contributed by atoms with Gasteiger partial charge in [-0.15, -0.1) is 22.9 Å². The van der Waals surface area contributed by atoms with Crippen LogP contribution in [0.2, 0.25) is 0 Å². The van der Waals surface area contributed by atoms with Crippen molar-refractivity contribution in [3.63, 3.8) is 0 Å². The Bertz CT molecular complexity index is 298. The molecule has 0 atom stereocenters. The second-order valence-electron chi connectivity index (χ2n) is 3.10. The first kappa shape index (κ1) is 11.5. The molecule has 0 radical (unpaired) electrons. The van der Waals surface area contributed by atoms with Gasteiger partial charge in [-0.3, -0.25) is 4.79 Å². The molecule has 2 nitrogen and oxygen atoms in total. The Labute approximate surface area is 93.3 Å². The third kappa shape index (κ3) is 3.68. The van der Waals surface area contributed by atoms with Gasteiger partial charge in [0.05, 0.1) is 5.00 Å². The maximum Gasteiger partial charge on any atom is 0.239 e. The van der Waals surface area contributed by atoms with Crippen LogP contribution in [-0.2, 0) is 11.2 Å². The SMILES string of the molecule is CCCCc1csc(NC(=O)CCl)c1. The summed E-state index contributed by atoms with van der Waals surface area (Å²) < 4.78 is 0. The molecule has 0 unspecified atom stereocenters. The summed E-state index contributed by atoms with van der Waals surface area (Å²) in [6, 6.07) is 2.02. The Morgan fingerprint density at radius 3 is 3.07 bits per heavy atom. The summed E-state index contributed by atoms with van der Waals surface area (Å²) in [4.78, 5) is 11.0. The molecule has 78 valence electrons. The average Bonchev–Trinajstić information content (AvgIpc) is 2.62. The van der Waals surface area contributed by atoms with Gasteiger partial charge in [-0.2, -0.15) is 0 Å². The molecule has 14 heavy (non-hydrogen) atoms. The fourth-order valence-corrected chi connectivity index (χ4v) is 2.05. The maximum atomic E-state index is 11.0. The molecule has 0 aliphatic carbocycles. The Morgan fingerprint density at radius 1 is 1.64 bits per heavy atom. The molecule has 1 heterocycles. The summed E-state index contributed by atoms with van der Waals surface area (Å²) in [6.07, 6.45) is 3.47. The van der Waals surface area contributed by atoms with Gasteiger partial charge >= 0.3 is 0 Å². The number of nitrogens with one attached hydrogen (secondary N) is 1. The van der Waals surface area contributed by atoms with E-state index in [2.05, 4.69) is 17.6 Å². The van der Waals surface area contributed by atoms with E-state index >= 15 is 0 Å². The maximum absolute atomic E-state index is 11.0. The standard InChI is InChI=1S/C10H14ClNOS/c1-2-3-4-8-5-10(14-7-8)12-9(13)6-11/h5,7H,2-4,6H2,1H3,(H,12,13). The predicted molar refractivity (Wildman–Crippen MR) is 62.3 cm³/mol. The minimum absolute atomic E-state index is 0.0161. The number of aryl methyl sites for hydroxylation is 1. The van der Waals surface area contributed by atoms with Crippen molar-refractivity contribution in [2.75, 3.05) is 11.2 Å². The van der Waals surface area contributed by atoms with Crippen LogP contribution in [0.1, 0.15) is 25.3 Å². The van der Waals surface area contributed by atoms with Crippen LogP contribution in [0.5, 0.6) is 0 Å². The number of hydrogen-bond acceptors (Lipinski definition) is 2. The van der Waals surface area contributed by atoms with Crippen molar-refractivity contribution in [3.05, 3.63) is 17.0 Å². The van der Waals surface area contributed by atoms with Crippen LogP contribution in [0.4, 0.5) is 5.00 Å². The third-order valence-corrected chi connectivity index (χ3v) is 2.99. The van der Waals surface area contributed by atoms with Crippen molar-refractivity contribution in [2.45, 2.75) is 26.2 Å². The molecule has 0 fully saturated rings. The molecule has 1 amide bonds. The van der Waals surface area contributed by atoms with E-state index in [1.54, 1.807) is 11.3 Å². The number of carbonyl (C=O) groups is 1. The van der Waals surface area contributed by atoms with Crippen LogP contribution in [-0.4, -0.2) is 11.8 Å². The monoisotopic (exact) mass is 231 g/mol. The Hall–Kier alpha value is -0.540. The molecule has 0 aromatic carbocycles. The van der Waals surface area contributed by atoms with Crippen LogP contribution in [0.25, 0.3) is 0 Å². The van der Waals surface area contributed by atoms with E-state index in [4.69, 9.17) is 11.6 Å². The van der Waals surface area contributed by atoms with Crippen LogP contribution < -0.4 is 5.32 Å². The minimum atomic E-state index is -0.143. The fraction of sp³-hybridized carbons (Fsp3) is 0.500. The molecule has 0 spiro atoms. The van der Waals surface area contributed by atoms with Gasteiger partial charge in [-0.1, -0.05) is 13.3 Å². The van der Waals surface area contributed by atoms with Gasteiger partial charge in [0.1, 0.15) is 5.88 Å². The topological polar surface area (TPSA) is 29.1 Å². The molecular weight excluding hydrogens is 218 g/mol. The zero-order chi connectivity index (χ0) is 10.4. The largest absolute Gasteiger partial charge is 0.317 e. The van der Waals surface area contributed by atoms with Crippen molar-refractivity contribution in [3.8, 4) is 0 Å². The van der Waals surface area contributed by atoms with Crippen molar-refractivity contribution in [1.29, 1.82) is 0 Å². The number of unbranched alkanes of at least 4 members (excludes halogenated alkanes) is 1. The van der Waals surface area contributed by atoms with Crippen LogP contribution in [0.3, 0.4) is 0 Å². The molecule has 0 aliphatic rings. The first-order valence-corrected chi connectivity index (χ1v) is 6.11. The van der Waals surface area contributed by atoms with Gasteiger partial charge in [0, 0.05) is 0 Å². The molecule has 1 N–H and O–H groups in total. The lowest BCUT2D eigenvalue weighted by atomic mass is 10.1. The second kappa shape index (κ2) is 6.04. The quantitative estimate of drug-likeness (QED) is 0.775. The van der Waals surface area contributed by atoms with Crippen molar-refractivity contribution in [1.82, 2.24) is 0 Å². The number of rotatable bonds is 5. The molecule has 0 saturated heterocycles. The Kier molecular flexibility index (Phi) is 4.98. The number of anilines is 1. The number of carbonyl (C=O) groups excluding carboxylic acids is 1. The fourth-order valence-electron chi connectivity index (χ4n) is 1.12. The number of halogens is 1. The molecule has 4 heteroatoms. The van der Waals surface area contributed by atoms with Gasteiger partial charge in [0.15, 0.2) is 0 Å². The molecule has 1 aromatic rings. The first-order valence-electron chi connectivity index (χ1n) is 4.69. The van der Waals surface area contributed by atoms with Crippen molar-refractivity contribution in [2.24, 2.45) is 0 Å². The number of alkyl halides is 1. The van der Waals surface area contributed by atoms with Crippen LogP contribution in [0.15, 0.2) is 11.4 Å². The van der Waals surface area contributed by atoms with E-state index < -0.39 is 0 Å². The minimum Gasteiger partial charge on any atom is -0.317 e. The highest BCUT2D eigenvalue weighted by Crippen LogP contribution is 2.21.